The molecule has 1 N–H and O–H groups in total. The summed E-state index contributed by atoms with van der Waals surface area (Å²) in [4.78, 5) is 29.7. The van der Waals surface area contributed by atoms with Gasteiger partial charge in [-0.05, 0) is 37.4 Å². The first kappa shape index (κ1) is 21.4. The number of piperazine rings is 1. The topological polar surface area (TPSA) is 52.7 Å². The molecule has 0 bridgehead atoms. The molecule has 27 heavy (non-hydrogen) atoms. The second-order valence-corrected chi connectivity index (χ2v) is 8.02. The predicted molar refractivity (Wildman–Crippen MR) is 105 cm³/mol. The minimum Gasteiger partial charge on any atom is -0.344 e. The molecule has 1 unspecified atom stereocenters. The van der Waals surface area contributed by atoms with Gasteiger partial charge >= 0.3 is 0 Å². The third-order valence-corrected chi connectivity index (χ3v) is 5.07. The number of hydrogen-bond acceptors (Lipinski definition) is 3. The van der Waals surface area contributed by atoms with Crippen molar-refractivity contribution in [2.24, 2.45) is 11.8 Å². The maximum atomic E-state index is 13.9. The number of benzene rings is 1. The maximum absolute atomic E-state index is 13.9. The number of rotatable bonds is 7. The monoisotopic (exact) mass is 377 g/mol. The van der Waals surface area contributed by atoms with E-state index in [0.717, 1.165) is 13.1 Å². The Labute approximate surface area is 161 Å². The van der Waals surface area contributed by atoms with Gasteiger partial charge in [-0.2, -0.15) is 0 Å². The standard InChI is InChI=1S/C21H32FN3O2/c1-15(2)13-19(21(27)25-11-9-24(4)10-12-25)23-20(26)16(3)14-17-7-5-6-8-18(17)22/h5-8,15-16,19H,9-14H2,1-4H3,(H,23,26)/t16?,19-/m1/s1. The van der Waals surface area contributed by atoms with Gasteiger partial charge in [0.25, 0.3) is 0 Å². The number of nitrogens with one attached hydrogen (secondary N) is 1. The molecular formula is C21H32FN3O2. The zero-order valence-electron chi connectivity index (χ0n) is 16.9. The first-order valence-corrected chi connectivity index (χ1v) is 9.79. The van der Waals surface area contributed by atoms with Crippen LogP contribution in [0.5, 0.6) is 0 Å². The third-order valence-electron chi connectivity index (χ3n) is 5.07. The molecule has 0 saturated carbocycles. The van der Waals surface area contributed by atoms with E-state index in [1.165, 1.54) is 6.07 Å². The quantitative estimate of drug-likeness (QED) is 0.793. The van der Waals surface area contributed by atoms with Crippen LogP contribution in [0.2, 0.25) is 0 Å². The van der Waals surface area contributed by atoms with Crippen molar-refractivity contribution in [3.05, 3.63) is 35.6 Å². The van der Waals surface area contributed by atoms with E-state index in [2.05, 4.69) is 10.2 Å². The summed E-state index contributed by atoms with van der Waals surface area (Å²) in [5, 5.41) is 2.93. The summed E-state index contributed by atoms with van der Waals surface area (Å²) < 4.78 is 13.9. The van der Waals surface area contributed by atoms with Crippen LogP contribution in [0, 0.1) is 17.7 Å². The lowest BCUT2D eigenvalue weighted by Crippen LogP contribution is -2.55. The van der Waals surface area contributed by atoms with Crippen molar-refractivity contribution >= 4 is 11.8 Å². The number of hydrogen-bond donors (Lipinski definition) is 1. The molecule has 1 aromatic rings. The normalized spacial score (nSPS) is 17.6. The van der Waals surface area contributed by atoms with Gasteiger partial charge in [-0.25, -0.2) is 4.39 Å². The molecule has 1 fully saturated rings. The van der Waals surface area contributed by atoms with Crippen molar-refractivity contribution in [3.63, 3.8) is 0 Å². The summed E-state index contributed by atoms with van der Waals surface area (Å²) in [6.45, 7) is 8.91. The minimum atomic E-state index is -0.524. The first-order chi connectivity index (χ1) is 12.8. The van der Waals surface area contributed by atoms with Gasteiger partial charge in [0.2, 0.25) is 11.8 Å². The molecular weight excluding hydrogens is 345 g/mol. The molecule has 5 nitrogen and oxygen atoms in total. The lowest BCUT2D eigenvalue weighted by Gasteiger charge is -2.35. The van der Waals surface area contributed by atoms with E-state index in [0.29, 0.717) is 31.5 Å². The van der Waals surface area contributed by atoms with Gasteiger partial charge in [-0.15, -0.1) is 0 Å². The van der Waals surface area contributed by atoms with Crippen molar-refractivity contribution in [1.29, 1.82) is 0 Å². The molecule has 2 amide bonds. The Hall–Kier alpha value is -1.95. The van der Waals surface area contributed by atoms with Gasteiger partial charge in [0, 0.05) is 32.1 Å². The van der Waals surface area contributed by atoms with Crippen molar-refractivity contribution in [3.8, 4) is 0 Å². The first-order valence-electron chi connectivity index (χ1n) is 9.79. The Balaban J connectivity index is 2.00. The number of carbonyl (C=O) groups is 2. The Morgan fingerprint density at radius 1 is 1.11 bits per heavy atom. The summed E-state index contributed by atoms with van der Waals surface area (Å²) in [7, 11) is 2.04. The molecule has 2 atom stereocenters. The SMILES string of the molecule is CC(C)C[C@@H](NC(=O)C(C)Cc1ccccc1F)C(=O)N1CCN(C)CC1. The van der Waals surface area contributed by atoms with Gasteiger partial charge in [0.15, 0.2) is 0 Å². The number of likely N-dealkylation sites (N-methyl/N-ethyl adjacent to an activating group) is 1. The minimum absolute atomic E-state index is 0.0109. The van der Waals surface area contributed by atoms with Crippen LogP contribution in [0.4, 0.5) is 4.39 Å². The van der Waals surface area contributed by atoms with Crippen molar-refractivity contribution in [2.75, 3.05) is 33.2 Å². The van der Waals surface area contributed by atoms with Crippen molar-refractivity contribution in [2.45, 2.75) is 39.7 Å². The Bertz CT molecular complexity index is 642. The van der Waals surface area contributed by atoms with E-state index in [-0.39, 0.29) is 23.5 Å². The smallest absolute Gasteiger partial charge is 0.245 e. The van der Waals surface area contributed by atoms with Crippen LogP contribution in [0.3, 0.4) is 0 Å². The van der Waals surface area contributed by atoms with E-state index >= 15 is 0 Å². The third kappa shape index (κ3) is 6.31. The van der Waals surface area contributed by atoms with Crippen molar-refractivity contribution in [1.82, 2.24) is 15.1 Å². The lowest BCUT2D eigenvalue weighted by atomic mass is 9.97. The highest BCUT2D eigenvalue weighted by Gasteiger charge is 2.29. The van der Waals surface area contributed by atoms with Gasteiger partial charge < -0.3 is 15.1 Å². The summed E-state index contributed by atoms with van der Waals surface area (Å²) in [5.74, 6) is -0.635. The van der Waals surface area contributed by atoms with E-state index < -0.39 is 12.0 Å². The van der Waals surface area contributed by atoms with E-state index in [1.807, 2.05) is 25.8 Å². The molecule has 0 aliphatic carbocycles. The Kier molecular flexibility index (Phi) is 7.78. The average molecular weight is 378 g/mol. The van der Waals surface area contributed by atoms with Crippen LogP contribution < -0.4 is 5.32 Å². The molecule has 0 spiro atoms. The Morgan fingerprint density at radius 3 is 2.33 bits per heavy atom. The number of halogens is 1. The molecule has 6 heteroatoms. The van der Waals surface area contributed by atoms with Crippen molar-refractivity contribution < 1.29 is 14.0 Å². The largest absolute Gasteiger partial charge is 0.344 e. The number of nitrogens with zero attached hydrogens (tertiary/aromatic N) is 2. The highest BCUT2D eigenvalue weighted by atomic mass is 19.1. The number of carbonyl (C=O) groups excluding carboxylic acids is 2. The Morgan fingerprint density at radius 2 is 1.74 bits per heavy atom. The highest BCUT2D eigenvalue weighted by molar-refractivity contribution is 5.88. The highest BCUT2D eigenvalue weighted by Crippen LogP contribution is 2.15. The molecule has 1 aromatic carbocycles. The second-order valence-electron chi connectivity index (χ2n) is 8.02. The molecule has 0 radical (unpaired) electrons. The molecule has 1 aliphatic rings. The summed E-state index contributed by atoms with van der Waals surface area (Å²) in [6.07, 6.45) is 0.916. The second kappa shape index (κ2) is 9.83. The molecule has 1 heterocycles. The van der Waals surface area contributed by atoms with Crippen LogP contribution in [-0.4, -0.2) is 60.9 Å². The summed E-state index contributed by atoms with van der Waals surface area (Å²) in [6, 6.07) is 5.97. The molecule has 1 saturated heterocycles. The zero-order chi connectivity index (χ0) is 20.0. The number of amides is 2. The fourth-order valence-corrected chi connectivity index (χ4v) is 3.34. The molecule has 150 valence electrons. The van der Waals surface area contributed by atoms with Crippen LogP contribution >= 0.6 is 0 Å². The van der Waals surface area contributed by atoms with Gasteiger partial charge in [0.1, 0.15) is 11.9 Å². The van der Waals surface area contributed by atoms with E-state index in [9.17, 15) is 14.0 Å². The molecule has 2 rings (SSSR count). The van der Waals surface area contributed by atoms with Gasteiger partial charge in [0.05, 0.1) is 0 Å². The molecule has 0 aromatic heterocycles. The maximum Gasteiger partial charge on any atom is 0.245 e. The fourth-order valence-electron chi connectivity index (χ4n) is 3.34. The fraction of sp³-hybridized carbons (Fsp3) is 0.619. The van der Waals surface area contributed by atoms with E-state index in [4.69, 9.17) is 0 Å². The lowest BCUT2D eigenvalue weighted by molar-refractivity contribution is -0.139. The molecule has 1 aliphatic heterocycles. The van der Waals surface area contributed by atoms with Gasteiger partial charge in [-0.1, -0.05) is 39.0 Å². The van der Waals surface area contributed by atoms with Crippen LogP contribution in [-0.2, 0) is 16.0 Å². The van der Waals surface area contributed by atoms with Crippen LogP contribution in [0.15, 0.2) is 24.3 Å². The zero-order valence-corrected chi connectivity index (χ0v) is 16.9. The summed E-state index contributed by atoms with van der Waals surface area (Å²) in [5.41, 5.74) is 0.519. The van der Waals surface area contributed by atoms with Crippen LogP contribution in [0.1, 0.15) is 32.8 Å². The predicted octanol–water partition coefficient (Wildman–Crippen LogP) is 2.31. The average Bonchev–Trinajstić information content (AvgIpc) is 2.62. The van der Waals surface area contributed by atoms with Gasteiger partial charge in [-0.3, -0.25) is 9.59 Å². The van der Waals surface area contributed by atoms with Crippen LogP contribution in [0.25, 0.3) is 0 Å². The summed E-state index contributed by atoms with van der Waals surface area (Å²) >= 11 is 0. The van der Waals surface area contributed by atoms with E-state index in [1.54, 1.807) is 25.1 Å².